The van der Waals surface area contributed by atoms with Crippen molar-refractivity contribution in [1.29, 1.82) is 0 Å². The number of hydrogen-bond acceptors (Lipinski definition) is 10. The Morgan fingerprint density at radius 2 is 0.557 bits per heavy atom. The Balaban J connectivity index is 0.000000236. The van der Waals surface area contributed by atoms with Crippen molar-refractivity contribution < 1.29 is 115 Å². The normalized spacial score (nSPS) is 12.0. The van der Waals surface area contributed by atoms with Crippen LogP contribution in [0.5, 0.6) is 23.0 Å². The predicted molar refractivity (Wildman–Crippen MR) is 419 cm³/mol. The molecule has 14 rings (SSSR count). The standard InChI is InChI=1S/C44H48N6O2.C42H42N6O2.2HI.2Zn/c1-49(2,3)23-9-25-51-37-13-7-11-31(27-37)43-39-19-15-33(45-39)29-35-17-21-41(47-35)44(42-22-18-36(48-42)30-34-16-20-40(43)46-34)32-12-8-14-38(28-32)52-26-10-24-50(4,5)6;1-47(2)21-7-23-49-35-11-5-9-29(25-35)41-37-17-13-31(43-37)27-33-15-19-39(45-33)42(30-10-6-12-36(26-30)50-24-8-22-48(3)4)40-20-16-34(46-40)28-32-14-18-38(41)44-32;;;;/h7-8,11-22,27-30H,9-10,23-26H2,1-6H3;5-6,9-20,25-28H,7-8,21-24H2,1-4H3;2*1H;;/q;-2;;;2*+2/p-2. The predicted octanol–water partition coefficient (Wildman–Crippen LogP) is 10.1. The molecule has 4 aliphatic rings. The van der Waals surface area contributed by atoms with E-state index >= 15 is 0 Å². The van der Waals surface area contributed by atoms with Gasteiger partial charge >= 0.3 is 39.0 Å². The van der Waals surface area contributed by atoms with Crippen molar-refractivity contribution in [2.45, 2.75) is 25.7 Å². The molecule has 0 N–H and O–H groups in total. The molecule has 536 valence electrons. The van der Waals surface area contributed by atoms with Crippen molar-refractivity contribution in [3.05, 3.63) is 215 Å². The molecule has 0 spiro atoms. The maximum absolute atomic E-state index is 6.21. The van der Waals surface area contributed by atoms with Gasteiger partial charge in [0.2, 0.25) is 0 Å². The molecule has 16 bridgehead atoms. The van der Waals surface area contributed by atoms with E-state index in [1.807, 2.05) is 121 Å². The van der Waals surface area contributed by atoms with Gasteiger partial charge in [0.1, 0.15) is 23.0 Å². The molecule has 20 heteroatoms. The second kappa shape index (κ2) is 37.6. The fourth-order valence-corrected chi connectivity index (χ4v) is 12.7. The fourth-order valence-electron chi connectivity index (χ4n) is 12.7. The van der Waals surface area contributed by atoms with E-state index in [1.54, 1.807) is 0 Å². The zero-order valence-electron chi connectivity index (χ0n) is 62.4. The third-order valence-electron chi connectivity index (χ3n) is 17.5. The Morgan fingerprint density at radius 3 is 0.792 bits per heavy atom. The van der Waals surface area contributed by atoms with Crippen molar-refractivity contribution in [1.82, 2.24) is 49.7 Å². The first kappa shape index (κ1) is 81.9. The molecule has 10 aromatic rings. The first-order chi connectivity index (χ1) is 49.3. The largest absolute Gasteiger partial charge is 2.00 e. The van der Waals surface area contributed by atoms with Crippen LogP contribution in [0.4, 0.5) is 0 Å². The minimum absolute atomic E-state index is 0. The minimum atomic E-state index is 0. The third-order valence-corrected chi connectivity index (χ3v) is 17.5. The molecular weight excluding hydrogens is 1650 g/mol. The molecule has 10 heterocycles. The van der Waals surface area contributed by atoms with Crippen LogP contribution < -0.4 is 86.8 Å². The van der Waals surface area contributed by atoms with Gasteiger partial charge in [-0.1, -0.05) is 121 Å². The molecular formula is C86H90I2N12O4Zn2. The van der Waals surface area contributed by atoms with Gasteiger partial charge in [-0.15, -0.1) is 44.1 Å². The van der Waals surface area contributed by atoms with Crippen molar-refractivity contribution in [2.75, 3.05) is 123 Å². The number of aromatic nitrogens is 8. The summed E-state index contributed by atoms with van der Waals surface area (Å²) in [6.07, 6.45) is 20.2. The maximum Gasteiger partial charge on any atom is 2.00 e. The Bertz CT molecular complexity index is 4850. The molecule has 0 unspecified atom stereocenters. The van der Waals surface area contributed by atoms with Crippen LogP contribution in [0.25, 0.3) is 137 Å². The molecule has 106 heavy (non-hydrogen) atoms. The molecule has 0 radical (unpaired) electrons. The van der Waals surface area contributed by atoms with Crippen LogP contribution in [0, 0.1) is 0 Å². The Hall–Kier alpha value is -8.17. The number of nitrogens with zero attached hydrogens (tertiary/aromatic N) is 12. The van der Waals surface area contributed by atoms with Crippen molar-refractivity contribution >= 4 is 92.7 Å². The van der Waals surface area contributed by atoms with Crippen LogP contribution in [0.3, 0.4) is 0 Å². The van der Waals surface area contributed by atoms with E-state index in [9.17, 15) is 0 Å². The SMILES string of the molecule is CN(C)CCCOc1cccc(-c2c3nc(cc4ccc([n-]4)c(-c4cccc(OCCCN(C)C)c4)c4nc(cc5ccc2[n-]5)C=C4)C=C3)c1.C[N+](C)(C)CCCOc1cccc(-c2c3nc(cc4ccc([n-]4)c(-c4cccc(OCCC[N+](C)(C)C)c4)c4nc(cc5ccc2[n-]5)C=C4)C=C3)c1.[I-].[I-].[Zn+2].[Zn+2]. The third kappa shape index (κ3) is 22.0. The second-order valence-electron chi connectivity index (χ2n) is 28.7. The van der Waals surface area contributed by atoms with E-state index in [-0.39, 0.29) is 86.9 Å². The van der Waals surface area contributed by atoms with E-state index in [0.717, 1.165) is 218 Å². The second-order valence-corrected chi connectivity index (χ2v) is 28.7. The molecule has 4 aromatic carbocycles. The molecule has 0 atom stereocenters. The number of ether oxygens (including phenoxy) is 4. The summed E-state index contributed by atoms with van der Waals surface area (Å²) in [5.74, 6) is 3.32. The number of fused-ring (bicyclic) bond motifs is 16. The maximum atomic E-state index is 6.21. The molecule has 16 nitrogen and oxygen atoms in total. The Kier molecular flexibility index (Phi) is 29.0. The average Bonchev–Trinajstić information content (AvgIpc) is 1.64. The number of hydrogen-bond donors (Lipinski definition) is 0. The van der Waals surface area contributed by atoms with E-state index < -0.39 is 0 Å². The van der Waals surface area contributed by atoms with Crippen LogP contribution in [-0.2, 0) is 39.0 Å². The molecule has 6 aromatic heterocycles. The monoisotopic (exact) mass is 1740 g/mol. The van der Waals surface area contributed by atoms with Crippen LogP contribution >= 0.6 is 0 Å². The molecule has 4 aliphatic heterocycles. The van der Waals surface area contributed by atoms with Gasteiger partial charge in [-0.2, -0.15) is 0 Å². The topological polar surface area (TPSA) is 151 Å². The average molecular weight is 1740 g/mol. The van der Waals surface area contributed by atoms with Gasteiger partial charge in [0.15, 0.2) is 0 Å². The number of halogens is 2. The summed E-state index contributed by atoms with van der Waals surface area (Å²) in [5.41, 5.74) is 21.1. The summed E-state index contributed by atoms with van der Waals surface area (Å²) in [5, 5.41) is 0. The van der Waals surface area contributed by atoms with Crippen molar-refractivity contribution in [2.24, 2.45) is 0 Å². The van der Waals surface area contributed by atoms with Crippen molar-refractivity contribution in [3.63, 3.8) is 0 Å². The van der Waals surface area contributed by atoms with Crippen molar-refractivity contribution in [3.8, 4) is 67.5 Å². The van der Waals surface area contributed by atoms with E-state index in [2.05, 4.69) is 177 Å². The van der Waals surface area contributed by atoms with Crippen LogP contribution in [0.2, 0.25) is 0 Å². The summed E-state index contributed by atoms with van der Waals surface area (Å²) < 4.78 is 26.5. The summed E-state index contributed by atoms with van der Waals surface area (Å²) >= 11 is 0. The van der Waals surface area contributed by atoms with Gasteiger partial charge in [-0.3, -0.25) is 0 Å². The van der Waals surface area contributed by atoms with E-state index in [0.29, 0.717) is 26.4 Å². The number of benzene rings is 4. The van der Waals surface area contributed by atoms with Gasteiger partial charge < -0.3 is 106 Å². The van der Waals surface area contributed by atoms with Crippen LogP contribution in [0.15, 0.2) is 170 Å². The van der Waals surface area contributed by atoms with Gasteiger partial charge in [-0.05, 0) is 183 Å². The molecule has 0 saturated heterocycles. The quantitative estimate of drug-likeness (QED) is 0.0244. The van der Waals surface area contributed by atoms with E-state index in [4.69, 9.17) is 58.8 Å². The first-order valence-corrected chi connectivity index (χ1v) is 35.2. The van der Waals surface area contributed by atoms with Gasteiger partial charge in [0.05, 0.1) is 127 Å². The summed E-state index contributed by atoms with van der Waals surface area (Å²) in [6, 6.07) is 57.3. The molecule has 0 fully saturated rings. The smallest absolute Gasteiger partial charge is 1.00 e. The van der Waals surface area contributed by atoms with Gasteiger partial charge in [0, 0.05) is 25.9 Å². The minimum Gasteiger partial charge on any atom is -1.00 e. The molecule has 0 aliphatic carbocycles. The summed E-state index contributed by atoms with van der Waals surface area (Å²) in [6.45, 7) is 6.66. The fraction of sp³-hybridized carbons (Fsp3) is 0.256. The zero-order chi connectivity index (χ0) is 70.7. The Morgan fingerprint density at radius 1 is 0.311 bits per heavy atom. The van der Waals surface area contributed by atoms with E-state index in [1.165, 1.54) is 0 Å². The number of quaternary nitrogens is 2. The van der Waals surface area contributed by atoms with Gasteiger partial charge in [0.25, 0.3) is 0 Å². The molecule has 0 amide bonds. The number of rotatable bonds is 24. The molecule has 0 saturated carbocycles. The Labute approximate surface area is 682 Å². The van der Waals surface area contributed by atoms with Crippen LogP contribution in [-0.4, -0.2) is 162 Å². The van der Waals surface area contributed by atoms with Gasteiger partial charge in [-0.25, -0.2) is 19.9 Å². The summed E-state index contributed by atoms with van der Waals surface area (Å²) in [4.78, 5) is 44.9. The summed E-state index contributed by atoms with van der Waals surface area (Å²) in [7, 11) is 21.5. The zero-order valence-corrected chi connectivity index (χ0v) is 72.7. The first-order valence-electron chi connectivity index (χ1n) is 35.2. The van der Waals surface area contributed by atoms with Crippen LogP contribution in [0.1, 0.15) is 71.2 Å².